The van der Waals surface area contributed by atoms with Crippen molar-refractivity contribution in [3.8, 4) is 0 Å². The van der Waals surface area contributed by atoms with Crippen molar-refractivity contribution in [3.63, 3.8) is 0 Å². The first kappa shape index (κ1) is 12.5. The molecule has 0 aliphatic carbocycles. The van der Waals surface area contributed by atoms with E-state index in [1.54, 1.807) is 0 Å². The number of amides is 1. The van der Waals surface area contributed by atoms with Crippen LogP contribution in [0.5, 0.6) is 0 Å². The Labute approximate surface area is 113 Å². The Morgan fingerprint density at radius 1 is 1.47 bits per heavy atom. The van der Waals surface area contributed by atoms with Crippen molar-refractivity contribution in [1.82, 2.24) is 5.32 Å². The Kier molecular flexibility index (Phi) is 3.19. The molecule has 1 aromatic rings. The molecule has 2 heterocycles. The fourth-order valence-corrected chi connectivity index (χ4v) is 2.81. The van der Waals surface area contributed by atoms with Crippen LogP contribution in [0.15, 0.2) is 18.2 Å². The highest BCUT2D eigenvalue weighted by atomic mass is 16.5. The minimum absolute atomic E-state index is 0.000694. The number of rotatable bonds is 2. The van der Waals surface area contributed by atoms with E-state index in [2.05, 4.69) is 16.7 Å². The summed E-state index contributed by atoms with van der Waals surface area (Å²) in [5.41, 5.74) is 2.78. The lowest BCUT2D eigenvalue weighted by Crippen LogP contribution is -2.46. The van der Waals surface area contributed by atoms with Crippen LogP contribution in [-0.4, -0.2) is 31.2 Å². The van der Waals surface area contributed by atoms with Crippen LogP contribution in [0, 0.1) is 0 Å². The first-order valence-electron chi connectivity index (χ1n) is 6.94. The summed E-state index contributed by atoms with van der Waals surface area (Å²) >= 11 is 0. The van der Waals surface area contributed by atoms with Crippen LogP contribution in [0.4, 0.5) is 5.69 Å². The lowest BCUT2D eigenvalue weighted by Gasteiger charge is -2.26. The molecule has 4 nitrogen and oxygen atoms in total. The normalized spacial score (nSPS) is 25.5. The second kappa shape index (κ2) is 4.85. The Balaban J connectivity index is 1.83. The molecule has 1 aromatic carbocycles. The summed E-state index contributed by atoms with van der Waals surface area (Å²) < 4.78 is 5.38. The van der Waals surface area contributed by atoms with Crippen molar-refractivity contribution in [2.24, 2.45) is 0 Å². The van der Waals surface area contributed by atoms with E-state index in [-0.39, 0.29) is 11.4 Å². The predicted molar refractivity (Wildman–Crippen MR) is 74.6 cm³/mol. The number of nitrogens with one attached hydrogen (secondary N) is 2. The third-order valence-electron chi connectivity index (χ3n) is 3.95. The topological polar surface area (TPSA) is 50.4 Å². The maximum absolute atomic E-state index is 12.5. The van der Waals surface area contributed by atoms with Crippen LogP contribution >= 0.6 is 0 Å². The maximum Gasteiger partial charge on any atom is 0.253 e. The van der Waals surface area contributed by atoms with E-state index in [4.69, 9.17) is 4.74 Å². The monoisotopic (exact) mass is 260 g/mol. The molecule has 0 radical (unpaired) electrons. The van der Waals surface area contributed by atoms with Gasteiger partial charge in [0, 0.05) is 13.2 Å². The summed E-state index contributed by atoms with van der Waals surface area (Å²) in [6.45, 7) is 4.31. The third-order valence-corrected chi connectivity index (χ3v) is 3.95. The molecule has 0 spiro atoms. The first-order chi connectivity index (χ1) is 9.18. The molecule has 19 heavy (non-hydrogen) atoms. The predicted octanol–water partition coefficient (Wildman–Crippen LogP) is 1.95. The van der Waals surface area contributed by atoms with Crippen LogP contribution < -0.4 is 10.6 Å². The summed E-state index contributed by atoms with van der Waals surface area (Å²) in [7, 11) is 0. The average Bonchev–Trinajstić information content (AvgIpc) is 2.84. The summed E-state index contributed by atoms with van der Waals surface area (Å²) in [4.78, 5) is 12.5. The van der Waals surface area contributed by atoms with Gasteiger partial charge in [0.1, 0.15) is 0 Å². The lowest BCUT2D eigenvalue weighted by atomic mass is 9.97. The van der Waals surface area contributed by atoms with Crippen molar-refractivity contribution in [3.05, 3.63) is 29.3 Å². The number of anilines is 1. The number of carbonyl (C=O) groups is 1. The molecule has 1 unspecified atom stereocenters. The van der Waals surface area contributed by atoms with Gasteiger partial charge in [-0.15, -0.1) is 0 Å². The van der Waals surface area contributed by atoms with Crippen molar-refractivity contribution in [2.75, 3.05) is 25.1 Å². The van der Waals surface area contributed by atoms with E-state index in [9.17, 15) is 4.79 Å². The molecule has 0 bridgehead atoms. The van der Waals surface area contributed by atoms with Gasteiger partial charge in [-0.25, -0.2) is 0 Å². The van der Waals surface area contributed by atoms with E-state index >= 15 is 0 Å². The second-order valence-electron chi connectivity index (χ2n) is 5.69. The van der Waals surface area contributed by atoms with E-state index in [1.807, 2.05) is 19.1 Å². The minimum Gasteiger partial charge on any atom is -0.384 e. The smallest absolute Gasteiger partial charge is 0.253 e. The average molecular weight is 260 g/mol. The van der Waals surface area contributed by atoms with Gasteiger partial charge in [0.15, 0.2) is 0 Å². The fraction of sp³-hybridized carbons (Fsp3) is 0.533. The van der Waals surface area contributed by atoms with Gasteiger partial charge < -0.3 is 15.4 Å². The van der Waals surface area contributed by atoms with E-state index in [0.29, 0.717) is 6.61 Å². The number of benzene rings is 1. The van der Waals surface area contributed by atoms with E-state index in [1.165, 1.54) is 5.56 Å². The number of aryl methyl sites for hydroxylation is 1. The van der Waals surface area contributed by atoms with Gasteiger partial charge in [0.25, 0.3) is 5.91 Å². The zero-order chi connectivity index (χ0) is 13.3. The number of para-hydroxylation sites is 1. The number of hydrogen-bond donors (Lipinski definition) is 2. The molecule has 2 aliphatic rings. The van der Waals surface area contributed by atoms with Crippen LogP contribution in [0.25, 0.3) is 0 Å². The Hall–Kier alpha value is -1.55. The van der Waals surface area contributed by atoms with Gasteiger partial charge in [-0.3, -0.25) is 4.79 Å². The quantitative estimate of drug-likeness (QED) is 0.854. The summed E-state index contributed by atoms with van der Waals surface area (Å²) in [6.07, 6.45) is 3.05. The van der Waals surface area contributed by atoms with Crippen molar-refractivity contribution in [2.45, 2.75) is 31.7 Å². The Morgan fingerprint density at radius 2 is 2.37 bits per heavy atom. The first-order valence-corrected chi connectivity index (χ1v) is 6.94. The highest BCUT2D eigenvalue weighted by Gasteiger charge is 2.32. The third kappa shape index (κ3) is 2.45. The molecular formula is C15H20N2O2. The van der Waals surface area contributed by atoms with Gasteiger partial charge in [0.05, 0.1) is 23.4 Å². The molecule has 1 fully saturated rings. The fourth-order valence-electron chi connectivity index (χ4n) is 2.81. The highest BCUT2D eigenvalue weighted by Crippen LogP contribution is 2.27. The molecule has 0 saturated carbocycles. The van der Waals surface area contributed by atoms with Crippen molar-refractivity contribution < 1.29 is 9.53 Å². The zero-order valence-electron chi connectivity index (χ0n) is 11.3. The van der Waals surface area contributed by atoms with Crippen LogP contribution in [0.2, 0.25) is 0 Å². The summed E-state index contributed by atoms with van der Waals surface area (Å²) in [6, 6.07) is 5.96. The minimum atomic E-state index is -0.228. The van der Waals surface area contributed by atoms with Crippen LogP contribution in [-0.2, 0) is 11.2 Å². The van der Waals surface area contributed by atoms with Crippen molar-refractivity contribution in [1.29, 1.82) is 0 Å². The molecule has 0 aromatic heterocycles. The van der Waals surface area contributed by atoms with Crippen molar-refractivity contribution >= 4 is 11.6 Å². The Morgan fingerprint density at radius 3 is 3.16 bits per heavy atom. The SMILES string of the molecule is CC1(NC(=O)c2cccc3c2NCCC3)CCOC1. The zero-order valence-corrected chi connectivity index (χ0v) is 11.3. The van der Waals surface area contributed by atoms with E-state index in [0.717, 1.165) is 43.7 Å². The molecule has 1 amide bonds. The molecule has 2 N–H and O–H groups in total. The van der Waals surface area contributed by atoms with Gasteiger partial charge in [-0.2, -0.15) is 0 Å². The van der Waals surface area contributed by atoms with Gasteiger partial charge >= 0.3 is 0 Å². The van der Waals surface area contributed by atoms with E-state index < -0.39 is 0 Å². The molecule has 102 valence electrons. The number of carbonyl (C=O) groups excluding carboxylic acids is 1. The standard InChI is InChI=1S/C15H20N2O2/c1-15(7-9-19-10-15)17-14(18)12-6-2-4-11-5-3-8-16-13(11)12/h2,4,6,16H,3,5,7-10H2,1H3,(H,17,18). The van der Waals surface area contributed by atoms with Gasteiger partial charge in [-0.05, 0) is 37.8 Å². The largest absolute Gasteiger partial charge is 0.384 e. The maximum atomic E-state index is 12.5. The van der Waals surface area contributed by atoms with Gasteiger partial charge in [-0.1, -0.05) is 12.1 Å². The molecule has 4 heteroatoms. The summed E-state index contributed by atoms with van der Waals surface area (Å²) in [5, 5.41) is 6.48. The second-order valence-corrected chi connectivity index (χ2v) is 5.69. The lowest BCUT2D eigenvalue weighted by molar-refractivity contribution is 0.0890. The molecular weight excluding hydrogens is 240 g/mol. The van der Waals surface area contributed by atoms with Crippen LogP contribution in [0.1, 0.15) is 35.7 Å². The number of hydrogen-bond acceptors (Lipinski definition) is 3. The van der Waals surface area contributed by atoms with Crippen LogP contribution in [0.3, 0.4) is 0 Å². The number of ether oxygens (including phenoxy) is 1. The molecule has 1 atom stereocenters. The molecule has 3 rings (SSSR count). The molecule has 2 aliphatic heterocycles. The molecule has 1 saturated heterocycles. The summed E-state index contributed by atoms with van der Waals surface area (Å²) in [5.74, 6) is -0.000694. The highest BCUT2D eigenvalue weighted by molar-refractivity contribution is 6.00. The Bertz CT molecular complexity index is 493. The van der Waals surface area contributed by atoms with Gasteiger partial charge in [0.2, 0.25) is 0 Å². The number of fused-ring (bicyclic) bond motifs is 1.